The molecule has 2 aromatic carbocycles. The number of benzene rings is 2. The van der Waals surface area contributed by atoms with Crippen molar-refractivity contribution < 1.29 is 30.9 Å². The summed E-state index contributed by atoms with van der Waals surface area (Å²) >= 11 is 3.51. The zero-order chi connectivity index (χ0) is 23.0. The van der Waals surface area contributed by atoms with Crippen LogP contribution in [0.5, 0.6) is 0 Å². The Balaban J connectivity index is 0.000000293. The molecule has 31 heavy (non-hydrogen) atoms. The fourth-order valence-corrected chi connectivity index (χ4v) is 4.59. The van der Waals surface area contributed by atoms with E-state index >= 15 is 0 Å². The molecule has 0 amide bonds. The molecule has 1 saturated heterocycles. The van der Waals surface area contributed by atoms with Gasteiger partial charge in [0.15, 0.2) is 16.2 Å². The Morgan fingerprint density at radius 2 is 1.61 bits per heavy atom. The van der Waals surface area contributed by atoms with Gasteiger partial charge in [-0.15, -0.1) is 0 Å². The van der Waals surface area contributed by atoms with Crippen LogP contribution in [-0.4, -0.2) is 43.4 Å². The number of hydrogen-bond acceptors (Lipinski definition) is 4. The first-order valence-corrected chi connectivity index (χ1v) is 11.5. The van der Waals surface area contributed by atoms with Gasteiger partial charge in [-0.25, -0.2) is 8.42 Å². The number of rotatable bonds is 2. The summed E-state index contributed by atoms with van der Waals surface area (Å²) < 4.78 is 60.7. The molecule has 0 aliphatic carbocycles. The number of quaternary nitrogens is 1. The summed E-state index contributed by atoms with van der Waals surface area (Å²) in [4.78, 5) is 12.6. The molecule has 2 aliphatic heterocycles. The van der Waals surface area contributed by atoms with Crippen molar-refractivity contribution in [3.8, 4) is 0 Å². The van der Waals surface area contributed by atoms with Crippen LogP contribution in [-0.2, 0) is 14.9 Å². The number of ketones is 1. The van der Waals surface area contributed by atoms with E-state index in [-0.39, 0.29) is 11.8 Å². The third-order valence-corrected chi connectivity index (χ3v) is 6.93. The molecule has 4 atom stereocenters. The minimum Gasteiger partial charge on any atom is -0.741 e. The van der Waals surface area contributed by atoms with Gasteiger partial charge in [-0.05, 0) is 42.0 Å². The van der Waals surface area contributed by atoms with E-state index in [9.17, 15) is 18.0 Å². The molecule has 10 heteroatoms. The molecule has 2 aromatic rings. The van der Waals surface area contributed by atoms with Crippen LogP contribution in [0, 0.1) is 0 Å². The van der Waals surface area contributed by atoms with Crippen LogP contribution in [0.15, 0.2) is 71.2 Å². The zero-order valence-electron chi connectivity index (χ0n) is 16.3. The van der Waals surface area contributed by atoms with Crippen LogP contribution in [0.25, 0.3) is 0 Å². The fraction of sp³-hybridized carbons (Fsp3) is 0.286. The summed E-state index contributed by atoms with van der Waals surface area (Å²) in [6, 6.07) is 19.3. The molecule has 0 spiro atoms. The molecular weight excluding hydrogens is 499 g/mol. The maximum absolute atomic E-state index is 12.6. The zero-order valence-corrected chi connectivity index (χ0v) is 18.7. The molecule has 2 heterocycles. The topological polar surface area (TPSA) is 74.3 Å². The van der Waals surface area contributed by atoms with Gasteiger partial charge in [-0.2, -0.15) is 13.2 Å². The third-order valence-electron chi connectivity index (χ3n) is 5.84. The van der Waals surface area contributed by atoms with Gasteiger partial charge in [0.05, 0.1) is 7.05 Å². The highest BCUT2D eigenvalue weighted by Crippen LogP contribution is 2.48. The van der Waals surface area contributed by atoms with E-state index < -0.39 is 15.6 Å². The number of para-hydroxylation sites is 1. The van der Waals surface area contributed by atoms with Gasteiger partial charge in [-0.1, -0.05) is 46.3 Å². The Morgan fingerprint density at radius 1 is 1.06 bits per heavy atom. The number of fused-ring (bicyclic) bond motifs is 2. The summed E-state index contributed by atoms with van der Waals surface area (Å²) in [5.41, 5.74) is -3.10. The number of carbonyl (C=O) groups excluding carboxylic acids is 1. The van der Waals surface area contributed by atoms with Crippen molar-refractivity contribution in [3.63, 3.8) is 0 Å². The van der Waals surface area contributed by atoms with Crippen LogP contribution in [0.4, 0.5) is 18.9 Å². The summed E-state index contributed by atoms with van der Waals surface area (Å²) in [5.74, 6) is 0.633. The Kier molecular flexibility index (Phi) is 6.48. The minimum atomic E-state index is -6.09. The Hall–Kier alpha value is -2.01. The lowest BCUT2D eigenvalue weighted by Gasteiger charge is -2.41. The Morgan fingerprint density at radius 3 is 2.13 bits per heavy atom. The maximum atomic E-state index is 12.6. The SMILES string of the molecule is C[N+]1(c2ccccc2)C2CC(c3ccc(Br)cc3)C1C=CC2=O.O=S(=O)([O-])C(F)(F)F. The van der Waals surface area contributed by atoms with Crippen LogP contribution < -0.4 is 4.48 Å². The fourth-order valence-electron chi connectivity index (χ4n) is 4.32. The first kappa shape index (κ1) is 23.6. The van der Waals surface area contributed by atoms with Crippen molar-refractivity contribution in [1.29, 1.82) is 0 Å². The van der Waals surface area contributed by atoms with Gasteiger partial charge >= 0.3 is 5.51 Å². The van der Waals surface area contributed by atoms with E-state index in [1.54, 1.807) is 6.08 Å². The number of alkyl halides is 3. The predicted molar refractivity (Wildman–Crippen MR) is 113 cm³/mol. The van der Waals surface area contributed by atoms with Gasteiger partial charge in [0.2, 0.25) is 5.78 Å². The predicted octanol–water partition coefficient (Wildman–Crippen LogP) is 4.50. The lowest BCUT2D eigenvalue weighted by Crippen LogP contribution is -2.59. The lowest BCUT2D eigenvalue weighted by molar-refractivity contribution is -0.118. The molecule has 1 fully saturated rings. The van der Waals surface area contributed by atoms with Crippen LogP contribution in [0.3, 0.4) is 0 Å². The molecule has 0 N–H and O–H groups in total. The molecule has 2 aliphatic rings. The third kappa shape index (κ3) is 4.62. The molecule has 4 unspecified atom stereocenters. The van der Waals surface area contributed by atoms with E-state index in [1.807, 2.05) is 6.07 Å². The molecular formula is C21H19BrF3NO4S. The Bertz CT molecular complexity index is 1090. The molecule has 0 radical (unpaired) electrons. The molecule has 2 bridgehead atoms. The van der Waals surface area contributed by atoms with E-state index in [2.05, 4.69) is 77.6 Å². The second-order valence-corrected chi connectivity index (χ2v) is 9.83. The van der Waals surface area contributed by atoms with Crippen molar-refractivity contribution in [2.45, 2.75) is 29.9 Å². The van der Waals surface area contributed by atoms with E-state index in [0.29, 0.717) is 16.4 Å². The minimum absolute atomic E-state index is 0.0149. The second-order valence-electron chi connectivity index (χ2n) is 7.54. The monoisotopic (exact) mass is 517 g/mol. The quantitative estimate of drug-likeness (QED) is 0.334. The van der Waals surface area contributed by atoms with Crippen LogP contribution >= 0.6 is 15.9 Å². The summed E-state index contributed by atoms with van der Waals surface area (Å²) in [7, 11) is -3.88. The van der Waals surface area contributed by atoms with Gasteiger partial charge in [0.25, 0.3) is 0 Å². The highest BCUT2D eigenvalue weighted by molar-refractivity contribution is 9.10. The number of halogens is 4. The normalized spacial score (nSPS) is 27.5. The van der Waals surface area contributed by atoms with E-state index in [4.69, 9.17) is 13.0 Å². The van der Waals surface area contributed by atoms with Crippen molar-refractivity contribution in [3.05, 3.63) is 76.8 Å². The van der Waals surface area contributed by atoms with Crippen molar-refractivity contribution in [1.82, 2.24) is 4.48 Å². The first-order chi connectivity index (χ1) is 14.4. The molecule has 0 aromatic heterocycles. The average Bonchev–Trinajstić information content (AvgIpc) is 2.87. The number of likely N-dealkylation sites (N-methyl/N-ethyl adjacent to an activating group) is 1. The number of hydrogen-bond donors (Lipinski definition) is 0. The van der Waals surface area contributed by atoms with Crippen LogP contribution in [0.1, 0.15) is 17.9 Å². The highest BCUT2D eigenvalue weighted by Gasteiger charge is 2.57. The summed E-state index contributed by atoms with van der Waals surface area (Å²) in [6.45, 7) is 0. The van der Waals surface area contributed by atoms with Crippen LogP contribution in [0.2, 0.25) is 0 Å². The largest absolute Gasteiger partial charge is 0.741 e. The van der Waals surface area contributed by atoms with Gasteiger partial charge in [0.1, 0.15) is 11.7 Å². The van der Waals surface area contributed by atoms with E-state index in [1.165, 1.54) is 11.3 Å². The van der Waals surface area contributed by atoms with Crippen molar-refractivity contribution >= 4 is 37.5 Å². The molecule has 4 rings (SSSR count). The molecule has 5 nitrogen and oxygen atoms in total. The number of nitrogens with zero attached hydrogens (tertiary/aromatic N) is 1. The van der Waals surface area contributed by atoms with Gasteiger partial charge in [-0.3, -0.25) is 9.28 Å². The maximum Gasteiger partial charge on any atom is 0.485 e. The Labute approximate surface area is 186 Å². The van der Waals surface area contributed by atoms with Gasteiger partial charge in [0, 0.05) is 16.8 Å². The first-order valence-electron chi connectivity index (χ1n) is 9.27. The second kappa shape index (κ2) is 8.50. The summed E-state index contributed by atoms with van der Waals surface area (Å²) in [6.07, 6.45) is 4.84. The average molecular weight is 518 g/mol. The highest BCUT2D eigenvalue weighted by atomic mass is 79.9. The van der Waals surface area contributed by atoms with E-state index in [0.717, 1.165) is 10.9 Å². The summed E-state index contributed by atoms with van der Waals surface area (Å²) in [5, 5.41) is 0. The lowest BCUT2D eigenvalue weighted by atomic mass is 9.91. The standard InChI is InChI=1S/C20H19BrNO.CHF3O3S/c1-22(16-5-3-2-4-6-16)18-11-12-20(23)19(22)13-17(18)14-7-9-15(21)10-8-14;2-1(3,4)8(5,6)7/h2-12,17-19H,13H2,1H3;(H,5,6,7)/q+1;/p-1. The smallest absolute Gasteiger partial charge is 0.485 e. The van der Waals surface area contributed by atoms with Crippen molar-refractivity contribution in [2.75, 3.05) is 7.05 Å². The molecule has 0 saturated carbocycles. The number of carbonyl (C=O) groups is 1. The van der Waals surface area contributed by atoms with Crippen molar-refractivity contribution in [2.24, 2.45) is 0 Å². The molecule has 166 valence electrons. The van der Waals surface area contributed by atoms with Gasteiger partial charge < -0.3 is 4.55 Å².